The van der Waals surface area contributed by atoms with Crippen molar-refractivity contribution in [3.63, 3.8) is 0 Å². The number of rotatable bonds is 10. The predicted molar refractivity (Wildman–Crippen MR) is 176 cm³/mol. The summed E-state index contributed by atoms with van der Waals surface area (Å²) in [5.74, 6) is 1.44. The van der Waals surface area contributed by atoms with E-state index in [-0.39, 0.29) is 5.91 Å². The van der Waals surface area contributed by atoms with Crippen molar-refractivity contribution < 1.29 is 14.3 Å². The molecule has 0 saturated carbocycles. The predicted octanol–water partition coefficient (Wildman–Crippen LogP) is 6.62. The number of carbonyl (C=O) groups excluding carboxylic acids is 1. The number of likely N-dealkylation sites (tertiary alicyclic amines) is 1. The molecule has 5 rings (SSSR count). The van der Waals surface area contributed by atoms with Crippen molar-refractivity contribution in [2.75, 3.05) is 34.4 Å². The first-order valence-corrected chi connectivity index (χ1v) is 15.4. The molecule has 1 aliphatic rings. The summed E-state index contributed by atoms with van der Waals surface area (Å²) in [7, 11) is 5.16. The number of nitrogens with one attached hydrogen (secondary N) is 2. The molecule has 10 heteroatoms. The maximum atomic E-state index is 11.6. The fourth-order valence-corrected chi connectivity index (χ4v) is 6.25. The molecular weight excluding hydrogens is 597 g/mol. The van der Waals surface area contributed by atoms with Gasteiger partial charge in [0.15, 0.2) is 0 Å². The zero-order chi connectivity index (χ0) is 31.2. The average Bonchev–Trinajstić information content (AvgIpc) is 3.04. The highest BCUT2D eigenvalue weighted by Crippen LogP contribution is 2.42. The Morgan fingerprint density at radius 3 is 2.36 bits per heavy atom. The van der Waals surface area contributed by atoms with Crippen LogP contribution in [0.15, 0.2) is 60.8 Å². The molecule has 3 heterocycles. The van der Waals surface area contributed by atoms with E-state index in [1.165, 1.54) is 0 Å². The maximum absolute atomic E-state index is 11.6. The Morgan fingerprint density at radius 1 is 0.932 bits per heavy atom. The lowest BCUT2D eigenvalue weighted by Gasteiger charge is -2.32. The minimum atomic E-state index is 0.139. The molecule has 230 valence electrons. The maximum Gasteiger partial charge on any atom is 0.219 e. The number of nitrogens with zero attached hydrogens (tertiary/aromatic N) is 3. The molecule has 0 radical (unpaired) electrons. The van der Waals surface area contributed by atoms with Gasteiger partial charge in [0.2, 0.25) is 11.8 Å². The van der Waals surface area contributed by atoms with Crippen LogP contribution < -0.4 is 20.1 Å². The van der Waals surface area contributed by atoms with Gasteiger partial charge < -0.3 is 25.0 Å². The summed E-state index contributed by atoms with van der Waals surface area (Å²) in [4.78, 5) is 22.9. The van der Waals surface area contributed by atoms with Gasteiger partial charge in [-0.05, 0) is 38.1 Å². The van der Waals surface area contributed by atoms with Crippen LogP contribution in [-0.2, 0) is 17.9 Å². The minimum Gasteiger partial charge on any atom is -0.496 e. The molecule has 1 fully saturated rings. The summed E-state index contributed by atoms with van der Waals surface area (Å²) in [6.07, 6.45) is 3.60. The first kappa shape index (κ1) is 31.7. The quantitative estimate of drug-likeness (QED) is 0.203. The largest absolute Gasteiger partial charge is 0.496 e. The van der Waals surface area contributed by atoms with E-state index < -0.39 is 0 Å². The highest BCUT2D eigenvalue weighted by molar-refractivity contribution is 6.39. The Kier molecular flexibility index (Phi) is 10.4. The van der Waals surface area contributed by atoms with E-state index in [0.29, 0.717) is 46.4 Å². The lowest BCUT2D eigenvalue weighted by Crippen LogP contribution is -2.43. The Morgan fingerprint density at radius 2 is 1.66 bits per heavy atom. The average molecular weight is 635 g/mol. The van der Waals surface area contributed by atoms with E-state index in [2.05, 4.69) is 15.6 Å². The molecule has 0 atom stereocenters. The third-order valence-corrected chi connectivity index (χ3v) is 8.83. The Bertz CT molecular complexity index is 1640. The first-order valence-electron chi connectivity index (χ1n) is 14.6. The standard InChI is InChI=1S/C34H37Cl2N5O3/c1-21(42)41-16-13-25(14-17-41)39-20-23-9-8-22(18-30(23)43-3)33-32(36)27(12-15-38-33)26-6-5-7-28(31(26)35)29-11-10-24(19-37-2)34(40-29)44-4/h5-12,15,18,25,37,39H,13-14,16-17,19-20H2,1-4H3. The SMILES string of the molecule is CNCc1ccc(-c2cccc(-c3ccnc(-c4ccc(CNC5CCN(C(C)=O)CC5)c(OC)c4)c3Cl)c2Cl)nc1OC. The monoisotopic (exact) mass is 633 g/mol. The van der Waals surface area contributed by atoms with Crippen LogP contribution in [0.4, 0.5) is 0 Å². The number of halogens is 2. The van der Waals surface area contributed by atoms with E-state index in [0.717, 1.165) is 65.1 Å². The number of piperidine rings is 1. The molecule has 8 nitrogen and oxygen atoms in total. The van der Waals surface area contributed by atoms with Crippen LogP contribution in [0.3, 0.4) is 0 Å². The lowest BCUT2D eigenvalue weighted by molar-refractivity contribution is -0.129. The van der Waals surface area contributed by atoms with E-state index >= 15 is 0 Å². The smallest absolute Gasteiger partial charge is 0.219 e. The summed E-state index contributed by atoms with van der Waals surface area (Å²) in [5.41, 5.74) is 6.50. The van der Waals surface area contributed by atoms with E-state index in [1.807, 2.05) is 66.5 Å². The molecule has 44 heavy (non-hydrogen) atoms. The van der Waals surface area contributed by atoms with Crippen molar-refractivity contribution in [3.05, 3.63) is 82.0 Å². The first-order chi connectivity index (χ1) is 21.3. The van der Waals surface area contributed by atoms with Gasteiger partial charge in [0.05, 0.1) is 35.7 Å². The molecule has 1 aliphatic heterocycles. The van der Waals surface area contributed by atoms with Gasteiger partial charge in [0, 0.05) is 78.7 Å². The van der Waals surface area contributed by atoms with Gasteiger partial charge in [0.25, 0.3) is 0 Å². The molecule has 4 aromatic rings. The number of aromatic nitrogens is 2. The van der Waals surface area contributed by atoms with Crippen LogP contribution >= 0.6 is 23.2 Å². The number of hydrogen-bond donors (Lipinski definition) is 2. The van der Waals surface area contributed by atoms with Crippen LogP contribution in [0, 0.1) is 0 Å². The van der Waals surface area contributed by atoms with Crippen LogP contribution in [0.2, 0.25) is 10.0 Å². The van der Waals surface area contributed by atoms with Crippen molar-refractivity contribution in [1.29, 1.82) is 0 Å². The second kappa shape index (κ2) is 14.4. The fraction of sp³-hybridized carbons (Fsp3) is 0.324. The van der Waals surface area contributed by atoms with Gasteiger partial charge in [-0.25, -0.2) is 4.98 Å². The summed E-state index contributed by atoms with van der Waals surface area (Å²) in [6.45, 7) is 4.49. The summed E-state index contributed by atoms with van der Waals surface area (Å²) in [5, 5.41) is 7.78. The van der Waals surface area contributed by atoms with Gasteiger partial charge in [0.1, 0.15) is 5.75 Å². The number of carbonyl (C=O) groups is 1. The second-order valence-electron chi connectivity index (χ2n) is 10.8. The van der Waals surface area contributed by atoms with Gasteiger partial charge >= 0.3 is 0 Å². The highest BCUT2D eigenvalue weighted by atomic mass is 35.5. The van der Waals surface area contributed by atoms with Crippen LogP contribution in [-0.4, -0.2) is 61.2 Å². The summed E-state index contributed by atoms with van der Waals surface area (Å²) < 4.78 is 11.3. The summed E-state index contributed by atoms with van der Waals surface area (Å²) >= 11 is 14.1. The molecule has 0 aliphatic carbocycles. The third kappa shape index (κ3) is 6.84. The van der Waals surface area contributed by atoms with E-state index in [1.54, 1.807) is 27.3 Å². The Labute approximate surface area is 268 Å². The lowest BCUT2D eigenvalue weighted by atomic mass is 9.99. The van der Waals surface area contributed by atoms with E-state index in [9.17, 15) is 4.79 Å². The number of amides is 1. The molecule has 2 aromatic heterocycles. The zero-order valence-electron chi connectivity index (χ0n) is 25.4. The minimum absolute atomic E-state index is 0.139. The number of benzene rings is 2. The van der Waals surface area contributed by atoms with Crippen molar-refractivity contribution in [2.45, 2.75) is 38.9 Å². The number of methoxy groups -OCH3 is 2. The Hall–Kier alpha value is -3.69. The third-order valence-electron chi connectivity index (χ3n) is 8.04. The molecular formula is C34H37Cl2N5O3. The molecule has 2 aromatic carbocycles. The van der Waals surface area contributed by atoms with Gasteiger partial charge in [-0.3, -0.25) is 9.78 Å². The fourth-order valence-electron chi connectivity index (χ4n) is 5.60. The van der Waals surface area contributed by atoms with Crippen molar-refractivity contribution in [1.82, 2.24) is 25.5 Å². The van der Waals surface area contributed by atoms with Crippen molar-refractivity contribution in [3.8, 4) is 45.3 Å². The van der Waals surface area contributed by atoms with Crippen molar-refractivity contribution >= 4 is 29.1 Å². The van der Waals surface area contributed by atoms with Gasteiger partial charge in [-0.2, -0.15) is 0 Å². The number of ether oxygens (including phenoxy) is 2. The number of pyridine rings is 2. The molecule has 0 spiro atoms. The summed E-state index contributed by atoms with van der Waals surface area (Å²) in [6, 6.07) is 18.0. The van der Waals surface area contributed by atoms with E-state index in [4.69, 9.17) is 37.7 Å². The number of hydrogen-bond acceptors (Lipinski definition) is 7. The normalized spacial score (nSPS) is 13.6. The van der Waals surface area contributed by atoms with Crippen LogP contribution in [0.25, 0.3) is 33.6 Å². The van der Waals surface area contributed by atoms with Crippen LogP contribution in [0.5, 0.6) is 11.6 Å². The van der Waals surface area contributed by atoms with Gasteiger partial charge in [-0.1, -0.05) is 59.6 Å². The Balaban J connectivity index is 1.40. The van der Waals surface area contributed by atoms with Crippen molar-refractivity contribution in [2.24, 2.45) is 0 Å². The zero-order valence-corrected chi connectivity index (χ0v) is 26.9. The van der Waals surface area contributed by atoms with Crippen LogP contribution in [0.1, 0.15) is 30.9 Å². The topological polar surface area (TPSA) is 88.6 Å². The van der Waals surface area contributed by atoms with Gasteiger partial charge in [-0.15, -0.1) is 0 Å². The molecule has 0 unspecified atom stereocenters. The molecule has 2 N–H and O–H groups in total. The molecule has 1 saturated heterocycles. The molecule has 0 bridgehead atoms. The highest BCUT2D eigenvalue weighted by Gasteiger charge is 2.21. The second-order valence-corrected chi connectivity index (χ2v) is 11.5. The molecule has 1 amide bonds.